The van der Waals surface area contributed by atoms with Crippen molar-refractivity contribution in [3.05, 3.63) is 125 Å². The molecule has 1 heterocycles. The highest BCUT2D eigenvalue weighted by Crippen LogP contribution is 2.36. The molecule has 8 heteroatoms. The maximum atomic E-state index is 13.3. The number of rotatable bonds is 9. The Bertz CT molecular complexity index is 1790. The van der Waals surface area contributed by atoms with Crippen molar-refractivity contribution in [1.29, 1.82) is 5.26 Å². The van der Waals surface area contributed by atoms with Crippen LogP contribution in [0, 0.1) is 18.3 Å². The summed E-state index contributed by atoms with van der Waals surface area (Å²) in [4.78, 5) is 9.44. The zero-order valence-electron chi connectivity index (χ0n) is 22.1. The molecular weight excluding hydrogens is 539 g/mol. The fourth-order valence-corrected chi connectivity index (χ4v) is 6.23. The van der Waals surface area contributed by atoms with Crippen LogP contribution in [0.2, 0.25) is 0 Å². The maximum Gasteiger partial charge on any atom is 0.340 e. The fourth-order valence-electron chi connectivity index (χ4n) is 4.52. The lowest BCUT2D eigenvalue weighted by molar-refractivity contribution is 0.466. The number of fused-ring (bicyclic) bond motifs is 1. The second kappa shape index (κ2) is 11.9. The molecule has 0 N–H and O–H groups in total. The number of hydrogen-bond acceptors (Lipinski definition) is 7. The predicted molar refractivity (Wildman–Crippen MR) is 158 cm³/mol. The van der Waals surface area contributed by atoms with Crippen LogP contribution in [0.15, 0.2) is 107 Å². The molecule has 200 valence electrons. The van der Waals surface area contributed by atoms with Crippen molar-refractivity contribution in [3.63, 3.8) is 0 Å². The Morgan fingerprint density at radius 3 is 2.33 bits per heavy atom. The van der Waals surface area contributed by atoms with Crippen molar-refractivity contribution >= 4 is 32.7 Å². The number of benzene rings is 4. The van der Waals surface area contributed by atoms with Crippen LogP contribution in [0.1, 0.15) is 40.8 Å². The summed E-state index contributed by atoms with van der Waals surface area (Å²) >= 11 is 1.37. The van der Waals surface area contributed by atoms with Crippen molar-refractivity contribution in [2.24, 2.45) is 0 Å². The molecule has 1 aromatic heterocycles. The summed E-state index contributed by atoms with van der Waals surface area (Å²) in [5.41, 5.74) is 3.72. The highest BCUT2D eigenvalue weighted by molar-refractivity contribution is 7.98. The van der Waals surface area contributed by atoms with Gasteiger partial charge in [0, 0.05) is 11.3 Å². The lowest BCUT2D eigenvalue weighted by atomic mass is 9.89. The Morgan fingerprint density at radius 1 is 0.900 bits per heavy atom. The van der Waals surface area contributed by atoms with Crippen LogP contribution in [0.25, 0.3) is 10.8 Å². The van der Waals surface area contributed by atoms with Crippen molar-refractivity contribution in [2.45, 2.75) is 42.0 Å². The molecule has 5 rings (SSSR count). The largest absolute Gasteiger partial charge is 0.358 e. The fraction of sp³-hybridized carbons (Fsp3) is 0.156. The zero-order chi connectivity index (χ0) is 28.1. The third-order valence-electron chi connectivity index (χ3n) is 6.58. The molecule has 0 saturated carbocycles. The number of nitrogens with zero attached hydrogens (tertiary/aromatic N) is 3. The zero-order valence-corrected chi connectivity index (χ0v) is 23.7. The van der Waals surface area contributed by atoms with Gasteiger partial charge in [0.1, 0.15) is 10.8 Å². The van der Waals surface area contributed by atoms with Crippen LogP contribution in [-0.4, -0.2) is 18.4 Å². The summed E-state index contributed by atoms with van der Waals surface area (Å²) in [5, 5.41) is 12.7. The van der Waals surface area contributed by atoms with Gasteiger partial charge in [-0.15, -0.1) is 0 Å². The third kappa shape index (κ3) is 5.86. The van der Waals surface area contributed by atoms with Crippen LogP contribution >= 0.6 is 11.8 Å². The molecule has 0 bridgehead atoms. The smallest absolute Gasteiger partial charge is 0.340 e. The first kappa shape index (κ1) is 27.4. The number of hydrogen-bond donors (Lipinski definition) is 0. The number of nitriles is 1. The van der Waals surface area contributed by atoms with E-state index in [0.717, 1.165) is 27.5 Å². The van der Waals surface area contributed by atoms with Gasteiger partial charge in [0.2, 0.25) is 5.88 Å². The van der Waals surface area contributed by atoms with Gasteiger partial charge in [0.25, 0.3) is 0 Å². The minimum atomic E-state index is -4.18. The molecule has 0 aliphatic heterocycles. The van der Waals surface area contributed by atoms with Crippen molar-refractivity contribution in [2.75, 3.05) is 0 Å². The SMILES string of the molecule is CCc1c(OS(=O)(=O)c2ccc(C)cc2)nc(SCc2ccccc2)nc1C(C#N)c1cccc2ccccc12. The molecule has 1 unspecified atom stereocenters. The van der Waals surface area contributed by atoms with E-state index in [1.807, 2.05) is 86.6 Å². The molecule has 0 saturated heterocycles. The first-order valence-electron chi connectivity index (χ1n) is 12.9. The van der Waals surface area contributed by atoms with E-state index in [2.05, 4.69) is 11.1 Å². The first-order chi connectivity index (χ1) is 19.4. The lowest BCUT2D eigenvalue weighted by Gasteiger charge is -2.19. The van der Waals surface area contributed by atoms with Gasteiger partial charge in [-0.05, 0) is 47.4 Å². The number of aryl methyl sites for hydroxylation is 1. The topological polar surface area (TPSA) is 92.9 Å². The highest BCUT2D eigenvalue weighted by atomic mass is 32.2. The molecule has 0 fully saturated rings. The maximum absolute atomic E-state index is 13.3. The Labute approximate surface area is 238 Å². The van der Waals surface area contributed by atoms with Gasteiger partial charge in [-0.2, -0.15) is 18.7 Å². The Hall–Kier alpha value is -4.19. The van der Waals surface area contributed by atoms with Gasteiger partial charge in [0.15, 0.2) is 5.16 Å². The minimum Gasteiger partial charge on any atom is -0.358 e. The van der Waals surface area contributed by atoms with Gasteiger partial charge >= 0.3 is 10.1 Å². The quantitative estimate of drug-likeness (QED) is 0.106. The molecule has 0 aliphatic carbocycles. The normalized spacial score (nSPS) is 12.1. The van der Waals surface area contributed by atoms with E-state index >= 15 is 0 Å². The van der Waals surface area contributed by atoms with Crippen molar-refractivity contribution in [3.8, 4) is 11.9 Å². The molecule has 5 aromatic rings. The molecule has 0 radical (unpaired) electrons. The molecule has 0 aliphatic rings. The second-order valence-corrected chi connectivity index (χ2v) is 11.8. The monoisotopic (exact) mass is 565 g/mol. The average molecular weight is 566 g/mol. The van der Waals surface area contributed by atoms with Crippen LogP contribution in [0.5, 0.6) is 5.88 Å². The van der Waals surface area contributed by atoms with E-state index in [0.29, 0.717) is 28.6 Å². The van der Waals surface area contributed by atoms with Gasteiger partial charge in [0.05, 0.1) is 11.8 Å². The summed E-state index contributed by atoms with van der Waals surface area (Å²) in [5.74, 6) is -0.241. The predicted octanol–water partition coefficient (Wildman–Crippen LogP) is 7.22. The van der Waals surface area contributed by atoms with Gasteiger partial charge < -0.3 is 4.18 Å². The molecule has 6 nitrogen and oxygen atoms in total. The summed E-state index contributed by atoms with van der Waals surface area (Å²) < 4.78 is 32.3. The number of thioether (sulfide) groups is 1. The summed E-state index contributed by atoms with van der Waals surface area (Å²) in [6.45, 7) is 3.76. The standard InChI is InChI=1S/C32H27N3O3S2/c1-3-26-30(29(20-33)28-15-9-13-24-12-7-8-14-27(24)28)34-32(39-21-23-10-5-4-6-11-23)35-31(26)38-40(36,37)25-18-16-22(2)17-19-25/h4-19,29H,3,21H2,1-2H3. The third-order valence-corrected chi connectivity index (χ3v) is 8.73. The Morgan fingerprint density at radius 2 is 1.60 bits per heavy atom. The highest BCUT2D eigenvalue weighted by Gasteiger charge is 2.28. The van der Waals surface area contributed by atoms with E-state index < -0.39 is 16.0 Å². The first-order valence-corrected chi connectivity index (χ1v) is 15.2. The molecule has 40 heavy (non-hydrogen) atoms. The Balaban J connectivity index is 1.64. The van der Waals surface area contributed by atoms with E-state index in [-0.39, 0.29) is 10.8 Å². The summed E-state index contributed by atoms with van der Waals surface area (Å²) in [7, 11) is -4.18. The summed E-state index contributed by atoms with van der Waals surface area (Å²) in [6, 6.07) is 32.4. The molecular formula is C32H27N3O3S2. The average Bonchev–Trinajstić information content (AvgIpc) is 2.97. The van der Waals surface area contributed by atoms with Crippen molar-refractivity contribution < 1.29 is 12.6 Å². The minimum absolute atomic E-state index is 0.0321. The van der Waals surface area contributed by atoms with Crippen LogP contribution in [-0.2, 0) is 22.3 Å². The molecule has 4 aromatic carbocycles. The lowest BCUT2D eigenvalue weighted by Crippen LogP contribution is -2.16. The molecule has 0 spiro atoms. The van der Waals surface area contributed by atoms with E-state index in [9.17, 15) is 13.7 Å². The van der Waals surface area contributed by atoms with E-state index in [1.165, 1.54) is 23.9 Å². The molecule has 0 amide bonds. The van der Waals surface area contributed by atoms with Gasteiger partial charge in [-0.25, -0.2) is 4.98 Å². The van der Waals surface area contributed by atoms with Crippen LogP contribution < -0.4 is 4.18 Å². The van der Waals surface area contributed by atoms with Crippen LogP contribution in [0.4, 0.5) is 0 Å². The second-order valence-electron chi connectivity index (χ2n) is 9.28. The van der Waals surface area contributed by atoms with E-state index in [4.69, 9.17) is 9.17 Å². The Kier molecular flexibility index (Phi) is 8.15. The van der Waals surface area contributed by atoms with Crippen molar-refractivity contribution in [1.82, 2.24) is 9.97 Å². The van der Waals surface area contributed by atoms with E-state index in [1.54, 1.807) is 12.1 Å². The van der Waals surface area contributed by atoms with Crippen LogP contribution in [0.3, 0.4) is 0 Å². The number of aromatic nitrogens is 2. The molecule has 1 atom stereocenters. The van der Waals surface area contributed by atoms with Gasteiger partial charge in [-0.3, -0.25) is 0 Å². The summed E-state index contributed by atoms with van der Waals surface area (Å²) in [6.07, 6.45) is 0.376. The van der Waals surface area contributed by atoms with Gasteiger partial charge in [-0.1, -0.05) is 109 Å².